The first-order valence-corrected chi connectivity index (χ1v) is 11.4. The molecule has 1 atom stereocenters. The van der Waals surface area contributed by atoms with Crippen LogP contribution in [0, 0.1) is 16.0 Å². The van der Waals surface area contributed by atoms with Crippen molar-refractivity contribution in [1.29, 1.82) is 0 Å². The number of rotatable bonds is 9. The molecule has 2 N–H and O–H groups in total. The summed E-state index contributed by atoms with van der Waals surface area (Å²) in [6, 6.07) is 11.0. The number of carbonyl (C=O) groups is 2. The maximum Gasteiger partial charge on any atom is 0.284 e. The van der Waals surface area contributed by atoms with Gasteiger partial charge in [0, 0.05) is 5.56 Å². The van der Waals surface area contributed by atoms with E-state index in [9.17, 15) is 19.7 Å². The molecular formula is C24H22Cl2N4O6. The summed E-state index contributed by atoms with van der Waals surface area (Å²) in [5, 5.41) is 18.5. The summed E-state index contributed by atoms with van der Waals surface area (Å²) in [6.45, 7) is 3.54. The standard InChI is InChI=1S/C24H22Cl2N4O6/c1-13(2)22(28-23(31)14-4-8-18(25)19(26)10-14)24(32)29-27-12-16-6-9-21(36-16)17-7-5-15(35-3)11-20(17)30(33)34/h4-13,22H,1-3H3,(H,28,31)(H,29,32). The Hall–Kier alpha value is -3.89. The van der Waals surface area contributed by atoms with Crippen molar-refractivity contribution >= 4 is 46.9 Å². The molecule has 0 saturated carbocycles. The van der Waals surface area contributed by atoms with Crippen LogP contribution in [0.5, 0.6) is 5.75 Å². The minimum absolute atomic E-state index is 0.182. The van der Waals surface area contributed by atoms with Gasteiger partial charge in [-0.2, -0.15) is 5.10 Å². The number of nitro benzene ring substituents is 1. The number of carbonyl (C=O) groups excluding carboxylic acids is 2. The minimum atomic E-state index is -0.891. The SMILES string of the molecule is COc1ccc(-c2ccc(C=NNC(=O)C(NC(=O)c3ccc(Cl)c(Cl)c3)C(C)C)o2)c([N+](=O)[O-])c1. The van der Waals surface area contributed by atoms with Crippen molar-refractivity contribution in [2.75, 3.05) is 7.11 Å². The number of benzene rings is 2. The van der Waals surface area contributed by atoms with Crippen LogP contribution in [0.1, 0.15) is 30.0 Å². The molecule has 12 heteroatoms. The third kappa shape index (κ3) is 6.41. The molecule has 0 radical (unpaired) electrons. The lowest BCUT2D eigenvalue weighted by Crippen LogP contribution is -2.48. The molecule has 10 nitrogen and oxygen atoms in total. The van der Waals surface area contributed by atoms with Crippen LogP contribution >= 0.6 is 23.2 Å². The summed E-state index contributed by atoms with van der Waals surface area (Å²) in [6.07, 6.45) is 1.24. The van der Waals surface area contributed by atoms with Gasteiger partial charge in [0.15, 0.2) is 0 Å². The number of hydrogen-bond acceptors (Lipinski definition) is 7. The highest BCUT2D eigenvalue weighted by Gasteiger charge is 2.25. The summed E-state index contributed by atoms with van der Waals surface area (Å²) in [5.74, 6) is -0.469. The van der Waals surface area contributed by atoms with Crippen molar-refractivity contribution in [3.63, 3.8) is 0 Å². The molecule has 2 aromatic carbocycles. The summed E-state index contributed by atoms with van der Waals surface area (Å²) in [5.41, 5.74) is 2.70. The van der Waals surface area contributed by atoms with E-state index < -0.39 is 22.8 Å². The average molecular weight is 533 g/mol. The summed E-state index contributed by atoms with van der Waals surface area (Å²) in [4.78, 5) is 36.1. The Morgan fingerprint density at radius 1 is 1.11 bits per heavy atom. The largest absolute Gasteiger partial charge is 0.497 e. The summed E-state index contributed by atoms with van der Waals surface area (Å²) >= 11 is 11.9. The molecule has 0 spiro atoms. The number of ether oxygens (including phenoxy) is 1. The van der Waals surface area contributed by atoms with Crippen LogP contribution in [0.25, 0.3) is 11.3 Å². The highest BCUT2D eigenvalue weighted by atomic mass is 35.5. The van der Waals surface area contributed by atoms with E-state index in [0.29, 0.717) is 10.8 Å². The molecule has 0 aliphatic heterocycles. The van der Waals surface area contributed by atoms with Crippen molar-refractivity contribution in [3.8, 4) is 17.1 Å². The first-order chi connectivity index (χ1) is 17.1. The fourth-order valence-electron chi connectivity index (χ4n) is 3.19. The van der Waals surface area contributed by atoms with E-state index in [-0.39, 0.29) is 39.3 Å². The van der Waals surface area contributed by atoms with E-state index in [1.165, 1.54) is 43.7 Å². The van der Waals surface area contributed by atoms with Crippen LogP contribution in [0.4, 0.5) is 5.69 Å². The molecule has 0 aliphatic rings. The van der Waals surface area contributed by atoms with E-state index in [4.69, 9.17) is 32.4 Å². The minimum Gasteiger partial charge on any atom is -0.497 e. The molecule has 1 unspecified atom stereocenters. The molecular weight excluding hydrogens is 511 g/mol. The Balaban J connectivity index is 1.68. The van der Waals surface area contributed by atoms with Gasteiger partial charge in [0.05, 0.1) is 39.9 Å². The van der Waals surface area contributed by atoms with E-state index in [1.54, 1.807) is 32.0 Å². The van der Waals surface area contributed by atoms with Crippen molar-refractivity contribution in [2.24, 2.45) is 11.0 Å². The fourth-order valence-corrected chi connectivity index (χ4v) is 3.49. The second kappa shape index (κ2) is 11.7. The lowest BCUT2D eigenvalue weighted by molar-refractivity contribution is -0.384. The van der Waals surface area contributed by atoms with Gasteiger partial charge < -0.3 is 14.5 Å². The summed E-state index contributed by atoms with van der Waals surface area (Å²) < 4.78 is 10.7. The van der Waals surface area contributed by atoms with Gasteiger partial charge in [0.2, 0.25) is 0 Å². The molecule has 36 heavy (non-hydrogen) atoms. The first kappa shape index (κ1) is 26.7. The number of nitro groups is 1. The number of halogens is 2. The second-order valence-corrected chi connectivity index (χ2v) is 8.71. The number of furan rings is 1. The molecule has 3 aromatic rings. The smallest absolute Gasteiger partial charge is 0.284 e. The van der Waals surface area contributed by atoms with Gasteiger partial charge in [-0.1, -0.05) is 37.0 Å². The molecule has 3 rings (SSSR count). The zero-order chi connectivity index (χ0) is 26.4. The van der Waals surface area contributed by atoms with Crippen LogP contribution < -0.4 is 15.5 Å². The summed E-state index contributed by atoms with van der Waals surface area (Å²) in [7, 11) is 1.41. The lowest BCUT2D eigenvalue weighted by atomic mass is 10.0. The quantitative estimate of drug-likeness (QED) is 0.224. The molecule has 0 saturated heterocycles. The highest BCUT2D eigenvalue weighted by molar-refractivity contribution is 6.42. The third-order valence-electron chi connectivity index (χ3n) is 5.08. The number of nitrogens with one attached hydrogen (secondary N) is 2. The maximum atomic E-state index is 12.7. The topological polar surface area (TPSA) is 136 Å². The van der Waals surface area contributed by atoms with Crippen molar-refractivity contribution in [1.82, 2.24) is 10.7 Å². The van der Waals surface area contributed by atoms with Gasteiger partial charge >= 0.3 is 0 Å². The molecule has 0 aliphatic carbocycles. The van der Waals surface area contributed by atoms with E-state index in [1.807, 2.05) is 0 Å². The second-order valence-electron chi connectivity index (χ2n) is 7.90. The molecule has 2 amide bonds. The predicted octanol–water partition coefficient (Wildman–Crippen LogP) is 5.07. The number of methoxy groups -OCH3 is 1. The number of amides is 2. The highest BCUT2D eigenvalue weighted by Crippen LogP contribution is 2.34. The third-order valence-corrected chi connectivity index (χ3v) is 5.82. The number of hydrogen-bond donors (Lipinski definition) is 2. The van der Waals surface area contributed by atoms with Gasteiger partial charge in [-0.05, 0) is 48.4 Å². The Labute approximate surface area is 216 Å². The number of nitrogens with zero attached hydrogens (tertiary/aromatic N) is 2. The van der Waals surface area contributed by atoms with Crippen LogP contribution in [0.3, 0.4) is 0 Å². The first-order valence-electron chi connectivity index (χ1n) is 10.6. The van der Waals surface area contributed by atoms with Crippen LogP contribution in [-0.2, 0) is 4.79 Å². The Kier molecular flexibility index (Phi) is 8.68. The lowest BCUT2D eigenvalue weighted by Gasteiger charge is -2.20. The van der Waals surface area contributed by atoms with Crippen molar-refractivity contribution < 1.29 is 23.7 Å². The number of hydrazone groups is 1. The van der Waals surface area contributed by atoms with Crippen molar-refractivity contribution in [3.05, 3.63) is 80.0 Å². The van der Waals surface area contributed by atoms with Gasteiger partial charge in [0.25, 0.3) is 17.5 Å². The molecule has 1 heterocycles. The van der Waals surface area contributed by atoms with Crippen LogP contribution in [0.15, 0.2) is 58.0 Å². The Morgan fingerprint density at radius 3 is 2.50 bits per heavy atom. The van der Waals surface area contributed by atoms with Crippen LogP contribution in [0.2, 0.25) is 10.0 Å². The average Bonchev–Trinajstić information content (AvgIpc) is 3.31. The van der Waals surface area contributed by atoms with Gasteiger partial charge in [0.1, 0.15) is 23.3 Å². The zero-order valence-electron chi connectivity index (χ0n) is 19.5. The zero-order valence-corrected chi connectivity index (χ0v) is 21.0. The fraction of sp³-hybridized carbons (Fsp3) is 0.208. The van der Waals surface area contributed by atoms with E-state index in [0.717, 1.165) is 0 Å². The van der Waals surface area contributed by atoms with Gasteiger partial charge in [-0.15, -0.1) is 0 Å². The monoisotopic (exact) mass is 532 g/mol. The van der Waals surface area contributed by atoms with Crippen molar-refractivity contribution in [2.45, 2.75) is 19.9 Å². The molecule has 0 fully saturated rings. The van der Waals surface area contributed by atoms with E-state index in [2.05, 4.69) is 15.8 Å². The molecule has 1 aromatic heterocycles. The van der Waals surface area contributed by atoms with Gasteiger partial charge in [-0.3, -0.25) is 19.7 Å². The molecule has 188 valence electrons. The Morgan fingerprint density at radius 2 is 1.86 bits per heavy atom. The van der Waals surface area contributed by atoms with Crippen LogP contribution in [-0.4, -0.2) is 36.1 Å². The normalized spacial score (nSPS) is 11.9. The Bertz CT molecular complexity index is 1320. The van der Waals surface area contributed by atoms with Gasteiger partial charge in [-0.25, -0.2) is 5.43 Å². The van der Waals surface area contributed by atoms with E-state index >= 15 is 0 Å². The predicted molar refractivity (Wildman–Crippen MR) is 136 cm³/mol. The maximum absolute atomic E-state index is 12.7. The molecule has 0 bridgehead atoms.